The van der Waals surface area contributed by atoms with Crippen LogP contribution in [-0.4, -0.2) is 37.7 Å². The zero-order valence-corrected chi connectivity index (χ0v) is 15.8. The lowest BCUT2D eigenvalue weighted by atomic mass is 9.97. The molecule has 3 rings (SSSR count). The minimum Gasteiger partial charge on any atom is -0.336 e. The number of imidazole rings is 1. The number of hydrogen-bond acceptors (Lipinski definition) is 3. The maximum absolute atomic E-state index is 13.0. The quantitative estimate of drug-likeness (QED) is 0.774. The predicted molar refractivity (Wildman–Crippen MR) is 100 cm³/mol. The highest BCUT2D eigenvalue weighted by atomic mass is 32.2. The van der Waals surface area contributed by atoms with Gasteiger partial charge in [-0.3, -0.25) is 4.79 Å². The molecule has 0 aliphatic carbocycles. The zero-order valence-electron chi connectivity index (χ0n) is 15.0. The SMILES string of the molecule is CCn1c(S[C@H](C)C(=O)N2[C@H](C)CCC[C@@H]2C)nc2ccccc21. The molecule has 0 radical (unpaired) electrons. The second kappa shape index (κ2) is 7.18. The van der Waals surface area contributed by atoms with Crippen molar-refractivity contribution >= 4 is 28.7 Å². The molecule has 1 saturated heterocycles. The van der Waals surface area contributed by atoms with E-state index >= 15 is 0 Å². The number of aromatic nitrogens is 2. The van der Waals surface area contributed by atoms with Crippen LogP contribution in [0.25, 0.3) is 11.0 Å². The number of nitrogens with zero attached hydrogens (tertiary/aromatic N) is 3. The molecule has 0 bridgehead atoms. The predicted octanol–water partition coefficient (Wildman–Crippen LogP) is 4.33. The molecule has 4 nitrogen and oxygen atoms in total. The summed E-state index contributed by atoms with van der Waals surface area (Å²) in [5, 5.41) is 0.826. The van der Waals surface area contributed by atoms with Gasteiger partial charge >= 0.3 is 0 Å². The molecule has 1 aliphatic heterocycles. The van der Waals surface area contributed by atoms with Crippen molar-refractivity contribution in [2.24, 2.45) is 0 Å². The third-order valence-corrected chi connectivity index (χ3v) is 6.09. The van der Waals surface area contributed by atoms with E-state index in [0.717, 1.165) is 35.6 Å². The lowest BCUT2D eigenvalue weighted by molar-refractivity contribution is -0.136. The van der Waals surface area contributed by atoms with E-state index < -0.39 is 0 Å². The summed E-state index contributed by atoms with van der Waals surface area (Å²) in [4.78, 5) is 19.8. The lowest BCUT2D eigenvalue weighted by Gasteiger charge is -2.40. The van der Waals surface area contributed by atoms with Crippen molar-refractivity contribution in [1.29, 1.82) is 0 Å². The van der Waals surface area contributed by atoms with Crippen LogP contribution >= 0.6 is 11.8 Å². The maximum atomic E-state index is 13.0. The number of para-hydroxylation sites is 2. The summed E-state index contributed by atoms with van der Waals surface area (Å²) in [7, 11) is 0. The topological polar surface area (TPSA) is 38.1 Å². The fourth-order valence-electron chi connectivity index (χ4n) is 3.72. The average molecular weight is 346 g/mol. The van der Waals surface area contributed by atoms with E-state index in [1.54, 1.807) is 11.8 Å². The first kappa shape index (κ1) is 17.3. The molecule has 24 heavy (non-hydrogen) atoms. The summed E-state index contributed by atoms with van der Waals surface area (Å²) >= 11 is 1.59. The van der Waals surface area contributed by atoms with Gasteiger partial charge in [-0.15, -0.1) is 0 Å². The molecule has 1 aromatic heterocycles. The second-order valence-electron chi connectivity index (χ2n) is 6.76. The van der Waals surface area contributed by atoms with E-state index in [9.17, 15) is 4.79 Å². The van der Waals surface area contributed by atoms with Gasteiger partial charge in [0.25, 0.3) is 0 Å². The van der Waals surface area contributed by atoms with Crippen molar-refractivity contribution in [3.05, 3.63) is 24.3 Å². The molecule has 0 unspecified atom stereocenters. The Morgan fingerprint density at radius 1 is 1.29 bits per heavy atom. The number of rotatable bonds is 4. The normalized spacial score (nSPS) is 22.8. The number of hydrogen-bond donors (Lipinski definition) is 0. The van der Waals surface area contributed by atoms with Crippen molar-refractivity contribution in [3.63, 3.8) is 0 Å². The Hall–Kier alpha value is -1.49. The Balaban J connectivity index is 1.81. The van der Waals surface area contributed by atoms with Crippen LogP contribution in [0.1, 0.15) is 47.0 Å². The molecule has 1 aromatic carbocycles. The van der Waals surface area contributed by atoms with Crippen molar-refractivity contribution < 1.29 is 4.79 Å². The molecule has 130 valence electrons. The highest BCUT2D eigenvalue weighted by Crippen LogP contribution is 2.31. The molecule has 2 aromatic rings. The van der Waals surface area contributed by atoms with Gasteiger partial charge in [0.15, 0.2) is 5.16 Å². The first-order valence-corrected chi connectivity index (χ1v) is 9.85. The van der Waals surface area contributed by atoms with Crippen LogP contribution in [0, 0.1) is 0 Å². The van der Waals surface area contributed by atoms with Gasteiger partial charge in [-0.1, -0.05) is 23.9 Å². The Bertz CT molecular complexity index is 716. The van der Waals surface area contributed by atoms with Crippen LogP contribution in [0.3, 0.4) is 0 Å². The minimum absolute atomic E-state index is 0.116. The Morgan fingerprint density at radius 2 is 1.96 bits per heavy atom. The van der Waals surface area contributed by atoms with Gasteiger partial charge in [0.1, 0.15) is 0 Å². The number of amides is 1. The highest BCUT2D eigenvalue weighted by molar-refractivity contribution is 8.00. The van der Waals surface area contributed by atoms with E-state index in [1.807, 2.05) is 25.1 Å². The van der Waals surface area contributed by atoms with E-state index in [1.165, 1.54) is 6.42 Å². The number of likely N-dealkylation sites (tertiary alicyclic amines) is 1. The number of aryl methyl sites for hydroxylation is 1. The Kier molecular flexibility index (Phi) is 5.18. The van der Waals surface area contributed by atoms with Crippen LogP contribution < -0.4 is 0 Å². The smallest absolute Gasteiger partial charge is 0.236 e. The molecule has 3 atom stereocenters. The lowest BCUT2D eigenvalue weighted by Crippen LogP contribution is -2.50. The Labute approximate surface area is 148 Å². The van der Waals surface area contributed by atoms with E-state index in [0.29, 0.717) is 12.1 Å². The third-order valence-electron chi connectivity index (χ3n) is 5.01. The van der Waals surface area contributed by atoms with Gasteiger partial charge in [0.2, 0.25) is 5.91 Å². The second-order valence-corrected chi connectivity index (χ2v) is 8.07. The number of thioether (sulfide) groups is 1. The monoisotopic (exact) mass is 345 g/mol. The molecule has 1 aliphatic rings. The first-order chi connectivity index (χ1) is 11.5. The van der Waals surface area contributed by atoms with Crippen molar-refractivity contribution in [1.82, 2.24) is 14.5 Å². The van der Waals surface area contributed by atoms with Crippen molar-refractivity contribution in [3.8, 4) is 0 Å². The molecule has 2 heterocycles. The summed E-state index contributed by atoms with van der Waals surface area (Å²) in [5.74, 6) is 0.245. The summed E-state index contributed by atoms with van der Waals surface area (Å²) < 4.78 is 2.20. The zero-order chi connectivity index (χ0) is 17.3. The van der Waals surface area contributed by atoms with Crippen LogP contribution in [-0.2, 0) is 11.3 Å². The fourth-order valence-corrected chi connectivity index (χ4v) is 4.77. The van der Waals surface area contributed by atoms with Gasteiger partial charge < -0.3 is 9.47 Å². The highest BCUT2D eigenvalue weighted by Gasteiger charge is 2.32. The van der Waals surface area contributed by atoms with E-state index in [-0.39, 0.29) is 11.2 Å². The van der Waals surface area contributed by atoms with Gasteiger partial charge in [-0.05, 0) is 59.1 Å². The van der Waals surface area contributed by atoms with Gasteiger partial charge in [0.05, 0.1) is 16.3 Å². The summed E-state index contributed by atoms with van der Waals surface area (Å²) in [6.07, 6.45) is 3.45. The Morgan fingerprint density at radius 3 is 2.62 bits per heavy atom. The summed E-state index contributed by atoms with van der Waals surface area (Å²) in [6, 6.07) is 8.86. The molecule has 1 amide bonds. The van der Waals surface area contributed by atoms with Crippen LogP contribution in [0.15, 0.2) is 29.4 Å². The van der Waals surface area contributed by atoms with E-state index in [4.69, 9.17) is 4.98 Å². The van der Waals surface area contributed by atoms with Gasteiger partial charge in [0, 0.05) is 18.6 Å². The molecule has 0 spiro atoms. The third kappa shape index (κ3) is 3.18. The first-order valence-electron chi connectivity index (χ1n) is 8.97. The van der Waals surface area contributed by atoms with Crippen molar-refractivity contribution in [2.45, 2.75) is 76.0 Å². The number of fused-ring (bicyclic) bond motifs is 1. The van der Waals surface area contributed by atoms with Crippen LogP contribution in [0.2, 0.25) is 0 Å². The fraction of sp³-hybridized carbons (Fsp3) is 0.579. The molecule has 5 heteroatoms. The minimum atomic E-state index is -0.116. The number of carbonyl (C=O) groups excluding carboxylic acids is 1. The number of benzene rings is 1. The molecular formula is C19H27N3OS. The van der Waals surface area contributed by atoms with Gasteiger partial charge in [-0.25, -0.2) is 4.98 Å². The summed E-state index contributed by atoms with van der Waals surface area (Å²) in [5.41, 5.74) is 2.14. The van der Waals surface area contributed by atoms with Crippen molar-refractivity contribution in [2.75, 3.05) is 0 Å². The molecule has 0 N–H and O–H groups in total. The average Bonchev–Trinajstić information content (AvgIpc) is 2.91. The molecule has 1 fully saturated rings. The number of piperidine rings is 1. The van der Waals surface area contributed by atoms with E-state index in [2.05, 4.69) is 36.3 Å². The molecular weight excluding hydrogens is 318 g/mol. The summed E-state index contributed by atoms with van der Waals surface area (Å²) in [6.45, 7) is 9.35. The standard InChI is InChI=1S/C19H27N3OS/c1-5-21-17-12-7-6-11-16(17)20-19(21)24-15(4)18(23)22-13(2)9-8-10-14(22)3/h6-7,11-15H,5,8-10H2,1-4H3/t13-,14+,15-/m1/s1. The van der Waals surface area contributed by atoms with Gasteiger partial charge in [-0.2, -0.15) is 0 Å². The largest absolute Gasteiger partial charge is 0.336 e. The number of carbonyl (C=O) groups is 1. The van der Waals surface area contributed by atoms with Crippen LogP contribution in [0.4, 0.5) is 0 Å². The maximum Gasteiger partial charge on any atom is 0.236 e. The van der Waals surface area contributed by atoms with Crippen LogP contribution in [0.5, 0.6) is 0 Å². The molecule has 0 saturated carbocycles.